The zero-order valence-electron chi connectivity index (χ0n) is 44.3. The van der Waals surface area contributed by atoms with Crippen LogP contribution in [0.25, 0.3) is 34.4 Å². The number of phenolic OH excluding ortho intramolecular Hbond substituents is 7. The number of phenols is 7. The van der Waals surface area contributed by atoms with Crippen LogP contribution < -0.4 is 0 Å². The predicted octanol–water partition coefficient (Wildman–Crippen LogP) is 8.96. The summed E-state index contributed by atoms with van der Waals surface area (Å²) in [6, 6.07) is 25.8. The van der Waals surface area contributed by atoms with Crippen LogP contribution in [0.15, 0.2) is 127 Å². The van der Waals surface area contributed by atoms with E-state index in [1.54, 1.807) is 43.3 Å². The van der Waals surface area contributed by atoms with Crippen molar-refractivity contribution in [1.82, 2.24) is 0 Å². The summed E-state index contributed by atoms with van der Waals surface area (Å²) in [7, 11) is 0. The number of carboxylic acid groups (broad SMARTS) is 6. The first-order chi connectivity index (χ1) is 37.8. The number of benzene rings is 6. The van der Waals surface area contributed by atoms with Crippen molar-refractivity contribution < 1.29 is 129 Å². The summed E-state index contributed by atoms with van der Waals surface area (Å²) >= 11 is 0. The second kappa shape index (κ2) is 39.1. The third kappa shape index (κ3) is 31.9. The summed E-state index contributed by atoms with van der Waals surface area (Å²) in [6.07, 6.45) is 0.719. The molecule has 6 unspecified atom stereocenters. The molecule has 6 atom stereocenters. The van der Waals surface area contributed by atoms with Crippen molar-refractivity contribution in [1.29, 1.82) is 0 Å². The van der Waals surface area contributed by atoms with Crippen LogP contribution in [0, 0.1) is 13.8 Å². The van der Waals surface area contributed by atoms with Crippen LogP contribution in [0.2, 0.25) is 0 Å². The van der Waals surface area contributed by atoms with Crippen LogP contribution in [0.3, 0.4) is 0 Å². The second-order valence-electron chi connectivity index (χ2n) is 17.7. The molecule has 0 aromatic heterocycles. The van der Waals surface area contributed by atoms with Gasteiger partial charge in [-0.25, -0.2) is 0 Å². The monoisotopic (exact) mass is 1240 g/mol. The Kier molecular flexibility index (Phi) is 36.0. The van der Waals surface area contributed by atoms with E-state index in [0.29, 0.717) is 16.7 Å². The van der Waals surface area contributed by atoms with Gasteiger partial charge in [-0.2, -0.15) is 0 Å². The fourth-order valence-electron chi connectivity index (χ4n) is 6.10. The summed E-state index contributed by atoms with van der Waals surface area (Å²) in [5.74, 6) is -7.61. The summed E-state index contributed by atoms with van der Waals surface area (Å²) in [6.45, 7) is 3.73. The summed E-state index contributed by atoms with van der Waals surface area (Å²) in [5, 5.41) is 114. The molecular formula is C56H64Fe2N6O19. The summed E-state index contributed by atoms with van der Waals surface area (Å²) in [4.78, 5) is 62.2. The molecule has 0 saturated heterocycles. The SMILES string of the molecule is Cc1ccc(CC([NH-])C(=O)O)cc1.Cc1ccc(CC([NH-])C(=O)O)cc1O.[Fe+3].[Fe+3].[NH-]C(Cc1ccc(O)c(O)c1)C(=O)O.[NH-]C(Cc1ccc(O)c(O)c1)C(=O)O.[NH-]C(Cc1ccc(O)cc1)C(=O)O.[NH-]C(Cc1ccc(O)cc1)C(=O)O. The maximum absolute atomic E-state index is 10.4. The molecule has 83 heavy (non-hydrogen) atoms. The van der Waals surface area contributed by atoms with Gasteiger partial charge in [-0.3, -0.25) is 28.8 Å². The minimum Gasteiger partial charge on any atom is -0.665 e. The maximum Gasteiger partial charge on any atom is 3.00 e. The number of hydrogen-bond donors (Lipinski definition) is 13. The van der Waals surface area contributed by atoms with E-state index >= 15 is 0 Å². The van der Waals surface area contributed by atoms with Gasteiger partial charge in [0.05, 0.1) is 0 Å². The Labute approximate surface area is 498 Å². The largest absolute Gasteiger partial charge is 3.00 e. The molecule has 0 saturated carbocycles. The summed E-state index contributed by atoms with van der Waals surface area (Å²) < 4.78 is 0. The standard InChI is InChI=1S/C10H12NO3.C10H12NO2.2C9H10NO4.2C9H10NO3.2Fe/c1-6-2-3-7(5-9(6)12)4-8(11)10(13)14;1-7-2-4-8(5-3-7)6-9(11)10(12)13;2*10-6(9(13)14)3-5-1-2-7(11)8(12)4-5;2*10-8(9(12)13)5-6-1-3-7(11)4-2-6;;/h2-3,5,8,11-12H,4H2,1H3,(H,13,14);2-5,9,11H,6H2,1H3,(H,12,13);2*1-2,4,6,10-12H,3H2,(H,13,14);2*1-4,8,10-11H,5H2,(H,12,13);;/q6*-1;2*+3. The van der Waals surface area contributed by atoms with E-state index in [2.05, 4.69) is 0 Å². The van der Waals surface area contributed by atoms with Crippen molar-refractivity contribution in [3.8, 4) is 40.2 Å². The molecule has 25 nitrogen and oxygen atoms in total. The number of aryl methyl sites for hydroxylation is 2. The first-order valence-corrected chi connectivity index (χ1v) is 23.8. The Morgan fingerprint density at radius 2 is 0.506 bits per heavy atom. The number of aromatic hydroxyl groups is 7. The van der Waals surface area contributed by atoms with E-state index in [0.717, 1.165) is 27.8 Å². The average Bonchev–Trinajstić information content (AvgIpc) is 3.43. The Balaban J connectivity index is 0. The first-order valence-electron chi connectivity index (χ1n) is 23.8. The zero-order valence-corrected chi connectivity index (χ0v) is 46.5. The van der Waals surface area contributed by atoms with Crippen LogP contribution in [0.1, 0.15) is 44.5 Å². The third-order valence-electron chi connectivity index (χ3n) is 10.8. The van der Waals surface area contributed by atoms with Crippen LogP contribution in [0.5, 0.6) is 40.2 Å². The molecule has 0 aliphatic rings. The van der Waals surface area contributed by atoms with Gasteiger partial charge in [0.1, 0.15) is 17.2 Å². The van der Waals surface area contributed by atoms with Crippen LogP contribution in [-0.2, 0) is 101 Å². The molecule has 0 heterocycles. The first kappa shape index (κ1) is 76.6. The van der Waals surface area contributed by atoms with Crippen LogP contribution in [0.4, 0.5) is 0 Å². The smallest absolute Gasteiger partial charge is 0.665 e. The van der Waals surface area contributed by atoms with Crippen molar-refractivity contribution in [3.05, 3.63) is 206 Å². The molecule has 27 heteroatoms. The molecule has 19 N–H and O–H groups in total. The molecular weight excluding hydrogens is 1170 g/mol. The molecule has 6 aromatic rings. The summed E-state index contributed by atoms with van der Waals surface area (Å²) in [5.41, 5.74) is 48.9. The molecule has 0 fully saturated rings. The minimum atomic E-state index is -1.25. The van der Waals surface area contributed by atoms with Crippen molar-refractivity contribution >= 4 is 35.8 Å². The normalized spacial score (nSPS) is 12.1. The van der Waals surface area contributed by atoms with E-state index < -0.39 is 72.1 Å². The fourth-order valence-corrected chi connectivity index (χ4v) is 6.10. The molecule has 448 valence electrons. The van der Waals surface area contributed by atoms with Crippen molar-refractivity contribution in [2.45, 2.75) is 88.6 Å². The number of rotatable bonds is 18. The molecule has 0 amide bonds. The quantitative estimate of drug-likeness (QED) is 0.0282. The third-order valence-corrected chi connectivity index (χ3v) is 10.8. The molecule has 6 aromatic carbocycles. The minimum absolute atomic E-state index is 0. The van der Waals surface area contributed by atoms with E-state index in [1.165, 1.54) is 66.7 Å². The van der Waals surface area contributed by atoms with Crippen LogP contribution >= 0.6 is 0 Å². The van der Waals surface area contributed by atoms with Gasteiger partial charge in [-0.05, 0) is 182 Å². The van der Waals surface area contributed by atoms with Gasteiger partial charge in [-0.15, -0.1) is 0 Å². The number of nitrogens with one attached hydrogen (secondary N) is 6. The Morgan fingerprint density at radius 3 is 0.735 bits per heavy atom. The number of aliphatic carboxylic acids is 6. The molecule has 0 bridgehead atoms. The van der Waals surface area contributed by atoms with E-state index in [9.17, 15) is 33.9 Å². The Morgan fingerprint density at radius 1 is 0.301 bits per heavy atom. The number of hydrogen-bond acceptors (Lipinski definition) is 13. The van der Waals surface area contributed by atoms with Crippen molar-refractivity contribution in [2.75, 3.05) is 0 Å². The Hall–Kier alpha value is -8.46. The maximum atomic E-state index is 10.4. The zero-order chi connectivity index (χ0) is 61.7. The molecule has 2 radical (unpaired) electrons. The molecule has 0 spiro atoms. The van der Waals surface area contributed by atoms with Gasteiger partial charge in [-0.1, -0.05) is 78.4 Å². The second-order valence-corrected chi connectivity index (χ2v) is 17.7. The number of carbonyl (C=O) groups is 6. The topological polar surface area (TPSA) is 508 Å². The number of carboxylic acids is 6. The van der Waals surface area contributed by atoms with Crippen molar-refractivity contribution in [2.24, 2.45) is 0 Å². The van der Waals surface area contributed by atoms with E-state index in [1.807, 2.05) is 31.2 Å². The van der Waals surface area contributed by atoms with E-state index in [-0.39, 0.29) is 113 Å². The Bertz CT molecular complexity index is 2660. The average molecular weight is 1240 g/mol. The van der Waals surface area contributed by atoms with Gasteiger partial charge < -0.3 is 101 Å². The fraction of sp³-hybridized carbons (Fsp3) is 0.250. The predicted molar refractivity (Wildman–Crippen MR) is 296 cm³/mol. The molecule has 0 aliphatic carbocycles. The van der Waals surface area contributed by atoms with Gasteiger partial charge >= 0.3 is 34.1 Å². The van der Waals surface area contributed by atoms with Gasteiger partial charge in [0.2, 0.25) is 0 Å². The van der Waals surface area contributed by atoms with Gasteiger partial charge in [0.15, 0.2) is 23.0 Å². The van der Waals surface area contributed by atoms with E-state index in [4.69, 9.17) is 95.7 Å². The van der Waals surface area contributed by atoms with Crippen molar-refractivity contribution in [3.63, 3.8) is 0 Å². The van der Waals surface area contributed by atoms with Crippen LogP contribution in [-0.4, -0.2) is 138 Å². The molecule has 0 aliphatic heterocycles. The molecule has 6 rings (SSSR count). The van der Waals surface area contributed by atoms with Gasteiger partial charge in [0.25, 0.3) is 35.8 Å². The van der Waals surface area contributed by atoms with Gasteiger partial charge in [0, 0.05) is 0 Å².